The van der Waals surface area contributed by atoms with E-state index in [-0.39, 0.29) is 6.61 Å². The summed E-state index contributed by atoms with van der Waals surface area (Å²) in [5.41, 5.74) is 5.14. The molecule has 3 aromatic rings. The number of para-hydroxylation sites is 1. The lowest BCUT2D eigenvalue weighted by molar-refractivity contribution is -0.126. The van der Waals surface area contributed by atoms with Gasteiger partial charge in [-0.2, -0.15) is 0 Å². The molecule has 0 atom stereocenters. The summed E-state index contributed by atoms with van der Waals surface area (Å²) in [5.74, 6) is -2.25. The molecule has 0 aliphatic rings. The highest BCUT2D eigenvalue weighted by molar-refractivity contribution is 5.94. The Hall–Kier alpha value is -3.00. The van der Waals surface area contributed by atoms with Gasteiger partial charge in [-0.05, 0) is 35.3 Å². The number of fused-ring (bicyclic) bond motifs is 1. The molecule has 0 unspecified atom stereocenters. The highest BCUT2D eigenvalue weighted by atomic mass is 19.1. The molecule has 4 N–H and O–H groups in total. The van der Waals surface area contributed by atoms with E-state index in [4.69, 9.17) is 5.21 Å². The van der Waals surface area contributed by atoms with Crippen molar-refractivity contribution in [3.8, 4) is 0 Å². The first kappa shape index (κ1) is 20.7. The molecule has 0 saturated heterocycles. The third-order valence-electron chi connectivity index (χ3n) is 4.79. The number of aromatic nitrogens is 1. The van der Waals surface area contributed by atoms with Crippen LogP contribution in [0.1, 0.15) is 16.7 Å². The molecular weight excluding hydrogens is 373 g/mol. The minimum absolute atomic E-state index is 0.0657. The Balaban J connectivity index is 1.63. The van der Waals surface area contributed by atoms with Crippen molar-refractivity contribution < 1.29 is 19.5 Å². The number of hydroxylamine groups is 1. The van der Waals surface area contributed by atoms with E-state index >= 15 is 0 Å². The van der Waals surface area contributed by atoms with Gasteiger partial charge in [0, 0.05) is 36.7 Å². The number of amides is 1. The molecular formula is C22H24FN3O3. The highest BCUT2D eigenvalue weighted by Gasteiger charge is 2.10. The Kier molecular flexibility index (Phi) is 7.13. The topological polar surface area (TPSA) is 88.6 Å². The molecule has 0 bridgehead atoms. The predicted molar refractivity (Wildman–Crippen MR) is 110 cm³/mol. The zero-order valence-electron chi connectivity index (χ0n) is 15.9. The second-order valence-corrected chi connectivity index (χ2v) is 6.78. The van der Waals surface area contributed by atoms with Gasteiger partial charge in [-0.3, -0.25) is 14.9 Å². The third kappa shape index (κ3) is 5.51. The van der Waals surface area contributed by atoms with Crippen molar-refractivity contribution in [2.24, 2.45) is 0 Å². The fourth-order valence-electron chi connectivity index (χ4n) is 3.27. The molecule has 3 rings (SSSR count). The van der Waals surface area contributed by atoms with Crippen LogP contribution in [0.15, 0.2) is 60.6 Å². The maximum absolute atomic E-state index is 13.5. The molecule has 2 aromatic carbocycles. The largest absolute Gasteiger partial charge is 0.395 e. The van der Waals surface area contributed by atoms with Crippen LogP contribution in [-0.4, -0.2) is 45.8 Å². The molecule has 1 aromatic heterocycles. The number of nitrogens with one attached hydrogen (secondary N) is 2. The number of nitrogens with zero attached hydrogens (tertiary/aromatic N) is 1. The third-order valence-corrected chi connectivity index (χ3v) is 4.79. The van der Waals surface area contributed by atoms with Crippen LogP contribution in [0.2, 0.25) is 0 Å². The van der Waals surface area contributed by atoms with Gasteiger partial charge in [0.2, 0.25) is 0 Å². The van der Waals surface area contributed by atoms with Crippen LogP contribution < -0.4 is 5.48 Å². The van der Waals surface area contributed by atoms with Crippen LogP contribution in [-0.2, 0) is 17.8 Å². The quantitative estimate of drug-likeness (QED) is 0.254. The Morgan fingerprint density at radius 3 is 2.62 bits per heavy atom. The van der Waals surface area contributed by atoms with Gasteiger partial charge in [0.25, 0.3) is 0 Å². The summed E-state index contributed by atoms with van der Waals surface area (Å²) in [6.07, 6.45) is 3.93. The number of halogens is 1. The van der Waals surface area contributed by atoms with Gasteiger partial charge in [-0.15, -0.1) is 0 Å². The molecule has 7 heteroatoms. The van der Waals surface area contributed by atoms with Gasteiger partial charge >= 0.3 is 5.91 Å². The molecule has 152 valence electrons. The first-order chi connectivity index (χ1) is 14.1. The SMILES string of the molecule is O=C(NO)/C(F)=C/c1ccc(CN(CCO)CCc2c[nH]c3ccccc23)cc1. The van der Waals surface area contributed by atoms with Gasteiger partial charge in [0.1, 0.15) is 0 Å². The summed E-state index contributed by atoms with van der Waals surface area (Å²) in [4.78, 5) is 16.5. The first-order valence-electron chi connectivity index (χ1n) is 9.39. The summed E-state index contributed by atoms with van der Waals surface area (Å²) in [5, 5.41) is 19.1. The van der Waals surface area contributed by atoms with Crippen molar-refractivity contribution in [2.75, 3.05) is 19.7 Å². The molecule has 0 saturated carbocycles. The van der Waals surface area contributed by atoms with Crippen LogP contribution in [0.5, 0.6) is 0 Å². The summed E-state index contributed by atoms with van der Waals surface area (Å²) in [6, 6.07) is 15.3. The minimum atomic E-state index is -1.18. The van der Waals surface area contributed by atoms with Crippen molar-refractivity contribution in [1.29, 1.82) is 0 Å². The number of hydrogen-bond acceptors (Lipinski definition) is 4. The summed E-state index contributed by atoms with van der Waals surface area (Å²) < 4.78 is 13.5. The van der Waals surface area contributed by atoms with E-state index in [1.165, 1.54) is 16.4 Å². The van der Waals surface area contributed by atoms with Crippen LogP contribution in [0.3, 0.4) is 0 Å². The minimum Gasteiger partial charge on any atom is -0.395 e. The van der Waals surface area contributed by atoms with E-state index < -0.39 is 11.7 Å². The number of aliphatic hydroxyl groups is 1. The van der Waals surface area contributed by atoms with Gasteiger partial charge < -0.3 is 10.1 Å². The molecule has 6 nitrogen and oxygen atoms in total. The van der Waals surface area contributed by atoms with E-state index in [2.05, 4.69) is 16.0 Å². The van der Waals surface area contributed by atoms with Gasteiger partial charge in [-0.1, -0.05) is 42.5 Å². The lowest BCUT2D eigenvalue weighted by Gasteiger charge is -2.21. The number of H-pyrrole nitrogens is 1. The fourth-order valence-corrected chi connectivity index (χ4v) is 3.27. The van der Waals surface area contributed by atoms with Gasteiger partial charge in [0.15, 0.2) is 5.83 Å². The Labute approximate surface area is 168 Å². The molecule has 0 radical (unpaired) electrons. The van der Waals surface area contributed by atoms with Crippen molar-refractivity contribution in [3.63, 3.8) is 0 Å². The Bertz CT molecular complexity index is 982. The maximum Gasteiger partial charge on any atom is 0.303 e. The molecule has 0 spiro atoms. The zero-order valence-corrected chi connectivity index (χ0v) is 15.9. The Morgan fingerprint density at radius 2 is 1.90 bits per heavy atom. The number of aliphatic hydroxyl groups excluding tert-OH is 1. The normalized spacial score (nSPS) is 11.9. The standard InChI is InChI=1S/C22H24FN3O3/c23-20(22(28)25-29)13-16-5-7-17(8-6-16)15-26(11-12-27)10-9-18-14-24-21-4-2-1-3-19(18)21/h1-8,13-14,24,27,29H,9-12,15H2,(H,25,28)/b20-13-. The number of carbonyl (C=O) groups excluding carboxylic acids is 1. The van der Waals surface area contributed by atoms with E-state index in [1.54, 1.807) is 12.1 Å². The summed E-state index contributed by atoms with van der Waals surface area (Å²) in [7, 11) is 0. The summed E-state index contributed by atoms with van der Waals surface area (Å²) in [6.45, 7) is 2.05. The van der Waals surface area contributed by atoms with Gasteiger partial charge in [-0.25, -0.2) is 9.87 Å². The molecule has 0 aliphatic carbocycles. The number of aromatic amines is 1. The number of hydrogen-bond donors (Lipinski definition) is 4. The Morgan fingerprint density at radius 1 is 1.14 bits per heavy atom. The lowest BCUT2D eigenvalue weighted by atomic mass is 10.1. The second-order valence-electron chi connectivity index (χ2n) is 6.78. The number of rotatable bonds is 9. The van der Waals surface area contributed by atoms with Crippen LogP contribution in [0.4, 0.5) is 4.39 Å². The van der Waals surface area contributed by atoms with Crippen molar-refractivity contribution in [3.05, 3.63) is 77.2 Å². The smallest absolute Gasteiger partial charge is 0.303 e. The van der Waals surface area contributed by atoms with Crippen molar-refractivity contribution in [1.82, 2.24) is 15.4 Å². The zero-order chi connectivity index (χ0) is 20.6. The highest BCUT2D eigenvalue weighted by Crippen LogP contribution is 2.19. The second kappa shape index (κ2) is 9.97. The molecule has 29 heavy (non-hydrogen) atoms. The maximum atomic E-state index is 13.5. The molecule has 0 aliphatic heterocycles. The molecule has 0 fully saturated rings. The van der Waals surface area contributed by atoms with Crippen LogP contribution >= 0.6 is 0 Å². The molecule has 1 amide bonds. The first-order valence-corrected chi connectivity index (χ1v) is 9.39. The van der Waals surface area contributed by atoms with Crippen LogP contribution in [0, 0.1) is 0 Å². The van der Waals surface area contributed by atoms with Crippen LogP contribution in [0.25, 0.3) is 17.0 Å². The van der Waals surface area contributed by atoms with Crippen molar-refractivity contribution in [2.45, 2.75) is 13.0 Å². The average molecular weight is 397 g/mol. The lowest BCUT2D eigenvalue weighted by Crippen LogP contribution is -2.28. The summed E-state index contributed by atoms with van der Waals surface area (Å²) >= 11 is 0. The number of benzene rings is 2. The monoisotopic (exact) mass is 397 g/mol. The average Bonchev–Trinajstić information content (AvgIpc) is 3.16. The van der Waals surface area contributed by atoms with E-state index in [0.717, 1.165) is 30.1 Å². The van der Waals surface area contributed by atoms with Gasteiger partial charge in [0.05, 0.1) is 6.61 Å². The fraction of sp³-hybridized carbons (Fsp3) is 0.227. The predicted octanol–water partition coefficient (Wildman–Crippen LogP) is 3.02. The molecule has 1 heterocycles. The van der Waals surface area contributed by atoms with E-state index in [9.17, 15) is 14.3 Å². The van der Waals surface area contributed by atoms with E-state index in [0.29, 0.717) is 18.7 Å². The van der Waals surface area contributed by atoms with Crippen molar-refractivity contribution >= 4 is 22.9 Å². The van der Waals surface area contributed by atoms with E-state index in [1.807, 2.05) is 36.5 Å². The number of carbonyl (C=O) groups is 1.